The van der Waals surface area contributed by atoms with E-state index in [1.54, 1.807) is 52.2 Å². The zero-order valence-corrected chi connectivity index (χ0v) is 27.9. The zero-order chi connectivity index (χ0) is 33.7. The Bertz CT molecular complexity index is 1970. The number of thiazole rings is 1. The van der Waals surface area contributed by atoms with Crippen molar-refractivity contribution in [2.75, 3.05) is 37.8 Å². The minimum atomic E-state index is -0.883. The van der Waals surface area contributed by atoms with E-state index in [9.17, 15) is 19.2 Å². The number of hydrazine groups is 1. The minimum Gasteiger partial charge on any atom is -0.482 e. The van der Waals surface area contributed by atoms with E-state index in [1.165, 1.54) is 16.3 Å². The largest absolute Gasteiger partial charge is 0.482 e. The van der Waals surface area contributed by atoms with Crippen molar-refractivity contribution >= 4 is 79.3 Å². The number of aromatic nitrogens is 1. The summed E-state index contributed by atoms with van der Waals surface area (Å²) in [6.45, 7) is 0.376. The molecule has 0 bridgehead atoms. The molecule has 3 aliphatic rings. The highest BCUT2D eigenvalue weighted by Gasteiger charge is 2.51. The molecule has 1 aromatic heterocycles. The van der Waals surface area contributed by atoms with Gasteiger partial charge in [0.1, 0.15) is 18.0 Å². The third kappa shape index (κ3) is 6.07. The van der Waals surface area contributed by atoms with Crippen molar-refractivity contribution in [2.24, 2.45) is 0 Å². The predicted molar refractivity (Wildman–Crippen MR) is 181 cm³/mol. The summed E-state index contributed by atoms with van der Waals surface area (Å²) >= 11 is 13.5. The summed E-state index contributed by atoms with van der Waals surface area (Å²) in [7, 11) is 1.58. The van der Waals surface area contributed by atoms with Crippen molar-refractivity contribution < 1.29 is 23.9 Å². The van der Waals surface area contributed by atoms with Crippen LogP contribution in [0.15, 0.2) is 54.6 Å². The van der Waals surface area contributed by atoms with Crippen LogP contribution in [0.25, 0.3) is 10.2 Å². The second-order valence-electron chi connectivity index (χ2n) is 11.7. The quantitative estimate of drug-likeness (QED) is 0.263. The Labute approximate surface area is 289 Å². The zero-order valence-electron chi connectivity index (χ0n) is 25.6. The van der Waals surface area contributed by atoms with Crippen LogP contribution in [0.3, 0.4) is 0 Å². The average Bonchev–Trinajstić information content (AvgIpc) is 3.61. The van der Waals surface area contributed by atoms with E-state index in [0.717, 1.165) is 26.9 Å². The number of benzene rings is 3. The van der Waals surface area contributed by atoms with E-state index in [2.05, 4.69) is 15.6 Å². The summed E-state index contributed by atoms with van der Waals surface area (Å²) in [4.78, 5) is 61.1. The number of carbonyl (C=O) groups excluding carboxylic acids is 4. The Morgan fingerprint density at radius 1 is 1.12 bits per heavy atom. The summed E-state index contributed by atoms with van der Waals surface area (Å²) in [6, 6.07) is 14.8. The van der Waals surface area contributed by atoms with E-state index in [1.807, 2.05) is 24.3 Å². The second kappa shape index (κ2) is 12.8. The number of carbonyl (C=O) groups is 4. The highest BCUT2D eigenvalue weighted by atomic mass is 35.5. The van der Waals surface area contributed by atoms with Crippen molar-refractivity contribution in [3.05, 3.63) is 81.3 Å². The van der Waals surface area contributed by atoms with Crippen LogP contribution in [0.1, 0.15) is 16.7 Å². The van der Waals surface area contributed by atoms with Gasteiger partial charge in [-0.1, -0.05) is 58.8 Å². The number of rotatable bonds is 7. The molecule has 4 N–H and O–H groups in total. The van der Waals surface area contributed by atoms with Gasteiger partial charge in [-0.15, -0.1) is 0 Å². The molecule has 7 rings (SSSR count). The molecule has 2 atom stereocenters. The monoisotopic (exact) mass is 708 g/mol. The molecule has 0 spiro atoms. The van der Waals surface area contributed by atoms with Crippen molar-refractivity contribution in [3.8, 4) is 5.75 Å². The van der Waals surface area contributed by atoms with Gasteiger partial charge in [0.05, 0.1) is 39.0 Å². The number of urea groups is 1. The molecular weight excluding hydrogens is 679 g/mol. The number of piperazine rings is 1. The molecule has 4 aromatic rings. The van der Waals surface area contributed by atoms with Crippen molar-refractivity contribution in [2.45, 2.75) is 31.7 Å². The number of halogens is 2. The van der Waals surface area contributed by atoms with E-state index in [4.69, 9.17) is 33.7 Å². The molecule has 0 unspecified atom stereocenters. The molecule has 2 saturated heterocycles. The number of anilines is 2. The van der Waals surface area contributed by atoms with Crippen molar-refractivity contribution in [1.82, 2.24) is 30.1 Å². The fourth-order valence-electron chi connectivity index (χ4n) is 6.34. The Kier molecular flexibility index (Phi) is 8.50. The minimum absolute atomic E-state index is 0.0753. The molecule has 0 radical (unpaired) electrons. The highest BCUT2D eigenvalue weighted by molar-refractivity contribution is 7.22. The first-order chi connectivity index (χ1) is 23.0. The van der Waals surface area contributed by atoms with Crippen molar-refractivity contribution in [1.29, 1.82) is 0 Å². The van der Waals surface area contributed by atoms with Gasteiger partial charge in [-0.25, -0.2) is 9.78 Å². The number of para-hydroxylation sites is 1. The summed E-state index contributed by atoms with van der Waals surface area (Å²) in [5, 5.41) is 9.92. The van der Waals surface area contributed by atoms with Gasteiger partial charge in [0.15, 0.2) is 11.7 Å². The number of amides is 5. The number of ether oxygens (including phenoxy) is 1. The van der Waals surface area contributed by atoms with Crippen LogP contribution in [0.4, 0.5) is 15.6 Å². The van der Waals surface area contributed by atoms with Gasteiger partial charge < -0.3 is 30.9 Å². The smallest absolute Gasteiger partial charge is 0.332 e. The first kappa shape index (κ1) is 31.9. The number of nitrogens with one attached hydrogen (secondary N) is 2. The number of nitrogens with two attached hydrogens (primary N) is 1. The molecule has 48 heavy (non-hydrogen) atoms. The van der Waals surface area contributed by atoms with E-state index in [-0.39, 0.29) is 56.9 Å². The maximum Gasteiger partial charge on any atom is 0.332 e. The lowest BCUT2D eigenvalue weighted by atomic mass is 9.99. The lowest BCUT2D eigenvalue weighted by Crippen LogP contribution is -2.65. The molecule has 2 fully saturated rings. The lowest BCUT2D eigenvalue weighted by molar-refractivity contribution is -0.157. The van der Waals surface area contributed by atoms with E-state index >= 15 is 0 Å². The fraction of sp³-hybridized carbons (Fsp3) is 0.281. The number of fused-ring (bicyclic) bond motifs is 3. The van der Waals surface area contributed by atoms with Gasteiger partial charge >= 0.3 is 6.03 Å². The number of hydrogen-bond acceptors (Lipinski definition) is 9. The third-order valence-electron chi connectivity index (χ3n) is 8.66. The van der Waals surface area contributed by atoms with Crippen LogP contribution in [-0.2, 0) is 33.9 Å². The van der Waals surface area contributed by atoms with E-state index in [0.29, 0.717) is 26.6 Å². The molecule has 13 nitrogen and oxygen atoms in total. The Balaban J connectivity index is 1.17. The molecule has 0 saturated carbocycles. The number of nitrogens with zero attached hydrogens (tertiary/aromatic N) is 5. The first-order valence-corrected chi connectivity index (χ1v) is 16.6. The molecule has 4 heterocycles. The van der Waals surface area contributed by atoms with Crippen LogP contribution in [0, 0.1) is 0 Å². The summed E-state index contributed by atoms with van der Waals surface area (Å²) in [5.41, 5.74) is 9.53. The maximum atomic E-state index is 14.3. The Morgan fingerprint density at radius 3 is 2.75 bits per heavy atom. The van der Waals surface area contributed by atoms with Crippen LogP contribution >= 0.6 is 34.5 Å². The van der Waals surface area contributed by atoms with Gasteiger partial charge in [-0.2, -0.15) is 5.01 Å². The van der Waals surface area contributed by atoms with Gasteiger partial charge in [-0.3, -0.25) is 19.4 Å². The topological polar surface area (TPSA) is 153 Å². The standard InChI is InChI=1S/C32H30Cl2N8O5S/c1-39(32(46)36-12-18-5-7-20(33)21(34)9-18)41-15-28(44)42-23(11-17-6-8-24-22(10-17)37-26(43)16-47-24)30(45)40(14-27(41)42)13-19-3-2-4-25-29(19)38-31(35)48-25/h2-10,23,27H,11-16H2,1H3,(H2,35,38)(H,36,46)(H,37,43)/t23-,27+/m0/s1. The van der Waals surface area contributed by atoms with Gasteiger partial charge in [-0.05, 0) is 47.0 Å². The van der Waals surface area contributed by atoms with Gasteiger partial charge in [0.2, 0.25) is 11.8 Å². The molecular formula is C32H30Cl2N8O5S. The molecule has 16 heteroatoms. The van der Waals surface area contributed by atoms with Gasteiger partial charge in [0.25, 0.3) is 5.91 Å². The number of nitrogen functional groups attached to an aromatic ring is 1. The molecule has 248 valence electrons. The summed E-state index contributed by atoms with van der Waals surface area (Å²) < 4.78 is 6.41. The number of hydrogen-bond donors (Lipinski definition) is 3. The van der Waals surface area contributed by atoms with E-state index < -0.39 is 18.2 Å². The molecule has 3 aromatic carbocycles. The second-order valence-corrected chi connectivity index (χ2v) is 13.6. The SMILES string of the molecule is CN(C(=O)NCc1ccc(Cl)c(Cl)c1)N1CC(=O)N2[C@@H](Cc3ccc4c(c3)NC(=O)CO4)C(=O)N(Cc3cccc4sc(N)nc34)C[C@@H]21. The van der Waals surface area contributed by atoms with Crippen LogP contribution < -0.4 is 21.1 Å². The lowest BCUT2D eigenvalue weighted by Gasteiger charge is -2.45. The highest BCUT2D eigenvalue weighted by Crippen LogP contribution is 2.34. The Morgan fingerprint density at radius 2 is 1.94 bits per heavy atom. The Hall–Kier alpha value is -4.63. The van der Waals surface area contributed by atoms with Crippen LogP contribution in [0.5, 0.6) is 5.75 Å². The van der Waals surface area contributed by atoms with Crippen LogP contribution in [-0.4, -0.2) is 87.5 Å². The first-order valence-electron chi connectivity index (χ1n) is 15.1. The maximum absolute atomic E-state index is 14.3. The van der Waals surface area contributed by atoms with Gasteiger partial charge in [0, 0.05) is 26.6 Å². The summed E-state index contributed by atoms with van der Waals surface area (Å²) in [5.74, 6) is -0.278. The van der Waals surface area contributed by atoms with Crippen molar-refractivity contribution in [3.63, 3.8) is 0 Å². The third-order valence-corrected chi connectivity index (χ3v) is 10.2. The molecule has 5 amide bonds. The normalized spacial score (nSPS) is 19.2. The average molecular weight is 710 g/mol. The predicted octanol–water partition coefficient (Wildman–Crippen LogP) is 3.70. The molecule has 0 aliphatic carbocycles. The van der Waals surface area contributed by atoms with Crippen LogP contribution in [0.2, 0.25) is 10.0 Å². The summed E-state index contributed by atoms with van der Waals surface area (Å²) in [6.07, 6.45) is -0.461. The molecule has 3 aliphatic heterocycles. The fourth-order valence-corrected chi connectivity index (χ4v) is 7.45.